The minimum Gasteiger partial charge on any atom is -0.445 e. The van der Waals surface area contributed by atoms with E-state index in [4.69, 9.17) is 10.3 Å². The van der Waals surface area contributed by atoms with Crippen LogP contribution in [0.5, 0.6) is 0 Å². The number of amides is 1. The van der Waals surface area contributed by atoms with Crippen LogP contribution in [0.25, 0.3) is 10.4 Å². The third-order valence-electron chi connectivity index (χ3n) is 3.66. The predicted molar refractivity (Wildman–Crippen MR) is 88.2 cm³/mol. The van der Waals surface area contributed by atoms with E-state index in [0.717, 1.165) is 9.99 Å². The maximum Gasteiger partial charge on any atom is 0.410 e. The van der Waals surface area contributed by atoms with E-state index in [2.05, 4.69) is 32.6 Å². The van der Waals surface area contributed by atoms with Gasteiger partial charge >= 0.3 is 6.09 Å². The lowest BCUT2D eigenvalue weighted by atomic mass is 9.91. The van der Waals surface area contributed by atoms with Crippen LogP contribution in [0.15, 0.2) is 35.4 Å². The highest BCUT2D eigenvalue weighted by Crippen LogP contribution is 2.29. The van der Waals surface area contributed by atoms with Gasteiger partial charge in [-0.05, 0) is 23.9 Å². The summed E-state index contributed by atoms with van der Waals surface area (Å²) in [5.41, 5.74) is 9.27. The van der Waals surface area contributed by atoms with Crippen molar-refractivity contribution in [3.05, 3.63) is 46.3 Å². The fourth-order valence-corrected chi connectivity index (χ4v) is 3.19. The topological polar surface area (TPSA) is 78.3 Å². The minimum atomic E-state index is -0.356. The van der Waals surface area contributed by atoms with Gasteiger partial charge in [0.05, 0.1) is 5.54 Å². The first kappa shape index (κ1) is 15.9. The van der Waals surface area contributed by atoms with Crippen LogP contribution < -0.4 is 0 Å². The molecule has 0 radical (unpaired) electrons. The normalized spacial score (nSPS) is 16.9. The van der Waals surface area contributed by atoms with Gasteiger partial charge in [-0.1, -0.05) is 58.0 Å². The van der Waals surface area contributed by atoms with E-state index in [0.29, 0.717) is 25.9 Å². The Hall–Kier alpha value is -1.47. The molecule has 0 bridgehead atoms. The van der Waals surface area contributed by atoms with Crippen molar-refractivity contribution in [1.82, 2.24) is 4.90 Å². The van der Waals surface area contributed by atoms with Gasteiger partial charge in [-0.15, -0.1) is 0 Å². The number of nitrogens with zero attached hydrogens (tertiary/aromatic N) is 4. The van der Waals surface area contributed by atoms with Gasteiger partial charge in [-0.25, -0.2) is 4.79 Å². The zero-order valence-electron chi connectivity index (χ0n) is 11.6. The predicted octanol–water partition coefficient (Wildman–Crippen LogP) is 3.90. The third-order valence-corrected chi connectivity index (χ3v) is 5.08. The summed E-state index contributed by atoms with van der Waals surface area (Å²) in [7, 11) is 0. The summed E-state index contributed by atoms with van der Waals surface area (Å²) in [5.74, 6) is 0. The Morgan fingerprint density at radius 3 is 2.62 bits per heavy atom. The average molecular weight is 400 g/mol. The van der Waals surface area contributed by atoms with E-state index in [1.807, 2.05) is 30.3 Å². The molecule has 21 heavy (non-hydrogen) atoms. The number of alkyl halides is 1. The first-order chi connectivity index (χ1) is 10.2. The Labute approximate surface area is 137 Å². The van der Waals surface area contributed by atoms with E-state index < -0.39 is 0 Å². The van der Waals surface area contributed by atoms with Gasteiger partial charge in [0.2, 0.25) is 0 Å². The highest BCUT2D eigenvalue weighted by atomic mass is 127. The van der Waals surface area contributed by atoms with Gasteiger partial charge in [0.1, 0.15) is 6.61 Å². The lowest BCUT2D eigenvalue weighted by Crippen LogP contribution is -2.46. The lowest BCUT2D eigenvalue weighted by Gasteiger charge is -2.36. The van der Waals surface area contributed by atoms with Gasteiger partial charge in [-0.3, -0.25) is 0 Å². The number of benzene rings is 1. The maximum atomic E-state index is 12.0. The molecular formula is C14H17IN4O2. The zero-order chi connectivity index (χ0) is 15.1. The van der Waals surface area contributed by atoms with Crippen molar-refractivity contribution >= 4 is 28.7 Å². The molecule has 1 aromatic rings. The summed E-state index contributed by atoms with van der Waals surface area (Å²) in [6.07, 6.45) is 1.06. The monoisotopic (exact) mass is 400 g/mol. The summed E-state index contributed by atoms with van der Waals surface area (Å²) in [6, 6.07) is 9.60. The number of azide groups is 1. The molecule has 0 aliphatic carbocycles. The number of hydrogen-bond donors (Lipinski definition) is 0. The molecular weight excluding hydrogens is 383 g/mol. The van der Waals surface area contributed by atoms with Crippen LogP contribution in [-0.4, -0.2) is 34.0 Å². The number of carbonyl (C=O) groups is 1. The third kappa shape index (κ3) is 4.25. The molecule has 0 atom stereocenters. The SMILES string of the molecule is [N-]=[N+]=NC1(CI)CCN(C(=O)OCc2ccccc2)CC1. The molecule has 0 aromatic heterocycles. The van der Waals surface area contributed by atoms with Crippen molar-refractivity contribution in [2.75, 3.05) is 17.5 Å². The van der Waals surface area contributed by atoms with Crippen LogP contribution in [0.2, 0.25) is 0 Å². The Morgan fingerprint density at radius 2 is 2.05 bits per heavy atom. The van der Waals surface area contributed by atoms with Crippen molar-refractivity contribution in [1.29, 1.82) is 0 Å². The average Bonchev–Trinajstić information content (AvgIpc) is 2.54. The number of halogens is 1. The van der Waals surface area contributed by atoms with E-state index in [1.54, 1.807) is 4.90 Å². The molecule has 0 spiro atoms. The summed E-state index contributed by atoms with van der Waals surface area (Å²) < 4.78 is 6.08. The summed E-state index contributed by atoms with van der Waals surface area (Å²) in [5, 5.41) is 3.92. The first-order valence-electron chi connectivity index (χ1n) is 6.77. The van der Waals surface area contributed by atoms with Gasteiger partial charge in [0, 0.05) is 22.4 Å². The molecule has 1 aliphatic rings. The molecule has 1 aliphatic heterocycles. The summed E-state index contributed by atoms with van der Waals surface area (Å²) in [6.45, 7) is 1.41. The number of rotatable bonds is 4. The Balaban J connectivity index is 1.84. The van der Waals surface area contributed by atoms with Crippen LogP contribution in [0.4, 0.5) is 4.79 Å². The quantitative estimate of drug-likeness (QED) is 0.253. The molecule has 0 N–H and O–H groups in total. The van der Waals surface area contributed by atoms with Crippen LogP contribution >= 0.6 is 22.6 Å². The second-order valence-corrected chi connectivity index (χ2v) is 5.84. The van der Waals surface area contributed by atoms with Crippen LogP contribution in [-0.2, 0) is 11.3 Å². The minimum absolute atomic E-state index is 0.282. The van der Waals surface area contributed by atoms with Crippen molar-refractivity contribution in [3.63, 3.8) is 0 Å². The summed E-state index contributed by atoms with van der Waals surface area (Å²) in [4.78, 5) is 16.6. The molecule has 112 valence electrons. The molecule has 7 heteroatoms. The van der Waals surface area contributed by atoms with Gasteiger partial charge in [-0.2, -0.15) is 0 Å². The van der Waals surface area contributed by atoms with Gasteiger partial charge < -0.3 is 9.64 Å². The van der Waals surface area contributed by atoms with Crippen molar-refractivity contribution < 1.29 is 9.53 Å². The molecule has 1 fully saturated rings. The van der Waals surface area contributed by atoms with Gasteiger partial charge in [0.15, 0.2) is 0 Å². The molecule has 1 aromatic carbocycles. The zero-order valence-corrected chi connectivity index (χ0v) is 13.8. The maximum absolute atomic E-state index is 12.0. The van der Waals surface area contributed by atoms with Crippen molar-refractivity contribution in [3.8, 4) is 0 Å². The number of carbonyl (C=O) groups excluding carboxylic acids is 1. The highest BCUT2D eigenvalue weighted by molar-refractivity contribution is 14.1. The van der Waals surface area contributed by atoms with E-state index in [-0.39, 0.29) is 18.2 Å². The molecule has 1 amide bonds. The number of hydrogen-bond acceptors (Lipinski definition) is 3. The molecule has 0 saturated carbocycles. The Morgan fingerprint density at radius 1 is 1.38 bits per heavy atom. The Bertz CT molecular complexity index is 523. The first-order valence-corrected chi connectivity index (χ1v) is 8.29. The largest absolute Gasteiger partial charge is 0.445 e. The van der Waals surface area contributed by atoms with Gasteiger partial charge in [0.25, 0.3) is 0 Å². The smallest absolute Gasteiger partial charge is 0.410 e. The molecule has 0 unspecified atom stereocenters. The van der Waals surface area contributed by atoms with Crippen LogP contribution in [0.3, 0.4) is 0 Å². The van der Waals surface area contributed by atoms with E-state index in [1.165, 1.54) is 0 Å². The summed E-state index contributed by atoms with van der Waals surface area (Å²) >= 11 is 2.23. The fourth-order valence-electron chi connectivity index (χ4n) is 2.27. The van der Waals surface area contributed by atoms with Crippen LogP contribution in [0, 0.1) is 0 Å². The molecule has 2 rings (SSSR count). The number of piperidine rings is 1. The van der Waals surface area contributed by atoms with E-state index >= 15 is 0 Å². The fraction of sp³-hybridized carbons (Fsp3) is 0.500. The molecule has 6 nitrogen and oxygen atoms in total. The van der Waals surface area contributed by atoms with Crippen molar-refractivity contribution in [2.45, 2.75) is 25.0 Å². The highest BCUT2D eigenvalue weighted by Gasteiger charge is 2.34. The van der Waals surface area contributed by atoms with Crippen molar-refractivity contribution in [2.24, 2.45) is 5.11 Å². The molecule has 1 heterocycles. The Kier molecular flexibility index (Phi) is 5.69. The van der Waals surface area contributed by atoms with E-state index in [9.17, 15) is 4.79 Å². The second kappa shape index (κ2) is 7.51. The number of likely N-dealkylation sites (tertiary alicyclic amines) is 1. The lowest BCUT2D eigenvalue weighted by molar-refractivity contribution is 0.0810. The second-order valence-electron chi connectivity index (χ2n) is 5.07. The number of ether oxygens (including phenoxy) is 1. The molecule has 1 saturated heterocycles. The van der Waals surface area contributed by atoms with Crippen LogP contribution in [0.1, 0.15) is 18.4 Å². The standard InChI is InChI=1S/C14H17IN4O2/c15-11-14(17-18-16)6-8-19(9-7-14)13(20)21-10-12-4-2-1-3-5-12/h1-5H,6-11H2.